The summed E-state index contributed by atoms with van der Waals surface area (Å²) in [5.41, 5.74) is -1.09. The molecule has 1 aliphatic rings. The molecular formula is C14H16ClFN4O4. The number of rotatable bonds is 5. The Labute approximate surface area is 140 Å². The Morgan fingerprint density at radius 3 is 2.88 bits per heavy atom. The summed E-state index contributed by atoms with van der Waals surface area (Å²) in [5, 5.41) is 20.3. The highest BCUT2D eigenvalue weighted by molar-refractivity contribution is 6.30. The van der Waals surface area contributed by atoms with Gasteiger partial charge in [-0.3, -0.25) is 4.90 Å². The number of anilines is 1. The van der Waals surface area contributed by atoms with Crippen LogP contribution in [0, 0.1) is 5.82 Å². The molecule has 0 saturated carbocycles. The van der Waals surface area contributed by atoms with Crippen molar-refractivity contribution in [3.63, 3.8) is 0 Å². The molecule has 1 aliphatic heterocycles. The molecule has 0 aliphatic carbocycles. The molecule has 3 rings (SSSR count). The molecule has 0 unspecified atom stereocenters. The quantitative estimate of drug-likeness (QED) is 0.421. The van der Waals surface area contributed by atoms with E-state index in [-0.39, 0.29) is 35.8 Å². The van der Waals surface area contributed by atoms with Crippen LogP contribution in [0.1, 0.15) is 32.6 Å². The predicted octanol–water partition coefficient (Wildman–Crippen LogP) is 1.49. The molecule has 0 amide bonds. The summed E-state index contributed by atoms with van der Waals surface area (Å²) in [6, 6.07) is 0. The highest BCUT2D eigenvalue weighted by atomic mass is 35.5. The molecule has 0 atom stereocenters. The second kappa shape index (κ2) is 6.15. The van der Waals surface area contributed by atoms with Crippen molar-refractivity contribution in [2.75, 3.05) is 11.6 Å². The Bertz CT molecular complexity index is 842. The van der Waals surface area contributed by atoms with Crippen LogP contribution < -0.4 is 15.3 Å². The summed E-state index contributed by atoms with van der Waals surface area (Å²) in [6.45, 7) is 1.67. The lowest BCUT2D eigenvalue weighted by Crippen LogP contribution is -2.53. The highest BCUT2D eigenvalue weighted by Gasteiger charge is 2.38. The molecule has 2 aromatic heterocycles. The van der Waals surface area contributed by atoms with Crippen molar-refractivity contribution in [3.8, 4) is 5.88 Å². The summed E-state index contributed by atoms with van der Waals surface area (Å²) < 4.78 is 19.5. The molecule has 0 fully saturated rings. The van der Waals surface area contributed by atoms with Crippen molar-refractivity contribution < 1.29 is 19.3 Å². The molecule has 0 spiro atoms. The lowest BCUT2D eigenvalue weighted by Gasteiger charge is -2.38. The van der Waals surface area contributed by atoms with Crippen molar-refractivity contribution in [1.29, 1.82) is 0 Å². The average molecular weight is 359 g/mol. The van der Waals surface area contributed by atoms with Crippen LogP contribution in [-0.4, -0.2) is 37.8 Å². The molecule has 0 saturated heterocycles. The van der Waals surface area contributed by atoms with Crippen LogP contribution in [-0.2, 0) is 0 Å². The van der Waals surface area contributed by atoms with Crippen LogP contribution >= 0.6 is 11.6 Å². The average Bonchev–Trinajstić information content (AvgIpc) is 2.52. The van der Waals surface area contributed by atoms with Crippen LogP contribution in [0.15, 0.2) is 4.79 Å². The summed E-state index contributed by atoms with van der Waals surface area (Å²) in [4.78, 5) is 22.5. The first-order valence-corrected chi connectivity index (χ1v) is 7.87. The number of aliphatic hydroxyl groups is 2. The van der Waals surface area contributed by atoms with Gasteiger partial charge in [0.05, 0.1) is 5.52 Å². The largest absolute Gasteiger partial charge is 0.455 e. The van der Waals surface area contributed by atoms with Crippen molar-refractivity contribution in [2.24, 2.45) is 0 Å². The Balaban J connectivity index is 2.13. The molecule has 3 N–H and O–H groups in total. The van der Waals surface area contributed by atoms with Gasteiger partial charge in [0.2, 0.25) is 11.8 Å². The Kier molecular flexibility index (Phi) is 4.33. The van der Waals surface area contributed by atoms with E-state index in [1.54, 1.807) is 0 Å². The molecule has 2 aromatic rings. The third-order valence-electron chi connectivity index (χ3n) is 3.86. The summed E-state index contributed by atoms with van der Waals surface area (Å²) in [6.07, 6.45) is 2.26. The molecule has 24 heavy (non-hydrogen) atoms. The van der Waals surface area contributed by atoms with Crippen molar-refractivity contribution in [1.82, 2.24) is 15.0 Å². The van der Waals surface area contributed by atoms with Crippen LogP contribution in [0.4, 0.5) is 10.2 Å². The fourth-order valence-electron chi connectivity index (χ4n) is 2.63. The number of H-pyrrole nitrogens is 1. The van der Waals surface area contributed by atoms with Gasteiger partial charge in [0.25, 0.3) is 0 Å². The van der Waals surface area contributed by atoms with Gasteiger partial charge in [-0.25, -0.2) is 9.18 Å². The number of halogens is 2. The lowest BCUT2D eigenvalue weighted by molar-refractivity contribution is -0.172. The smallest absolute Gasteiger partial charge is 0.347 e. The Morgan fingerprint density at radius 2 is 2.17 bits per heavy atom. The number of hydrogen-bond acceptors (Lipinski definition) is 7. The van der Waals surface area contributed by atoms with Gasteiger partial charge in [0.15, 0.2) is 23.5 Å². The van der Waals surface area contributed by atoms with Gasteiger partial charge < -0.3 is 19.9 Å². The highest BCUT2D eigenvalue weighted by Crippen LogP contribution is 2.39. The van der Waals surface area contributed by atoms with Gasteiger partial charge >= 0.3 is 5.69 Å². The summed E-state index contributed by atoms with van der Waals surface area (Å²) >= 11 is 5.69. The number of aromatic amines is 1. The van der Waals surface area contributed by atoms with E-state index >= 15 is 0 Å². The Hall–Kier alpha value is -1.97. The second-order valence-corrected chi connectivity index (χ2v) is 5.93. The SMILES string of the molecule is CCCCCC(O)(O)N1COc2nc(Cl)c(F)c3[nH]c(=O)nc1c23. The molecule has 130 valence electrons. The maximum Gasteiger partial charge on any atom is 0.347 e. The molecule has 0 bridgehead atoms. The normalized spacial score (nSPS) is 14.1. The number of ether oxygens (including phenoxy) is 1. The van der Waals surface area contributed by atoms with Gasteiger partial charge in [-0.15, -0.1) is 0 Å². The van der Waals surface area contributed by atoms with E-state index in [1.165, 1.54) is 0 Å². The van der Waals surface area contributed by atoms with E-state index < -0.39 is 22.6 Å². The zero-order valence-electron chi connectivity index (χ0n) is 12.8. The second-order valence-electron chi connectivity index (χ2n) is 5.57. The minimum Gasteiger partial charge on any atom is -0.455 e. The molecule has 0 radical (unpaired) electrons. The van der Waals surface area contributed by atoms with Crippen LogP contribution in [0.5, 0.6) is 5.88 Å². The fraction of sp³-hybridized carbons (Fsp3) is 0.500. The van der Waals surface area contributed by atoms with Gasteiger partial charge in [-0.1, -0.05) is 31.4 Å². The Morgan fingerprint density at radius 1 is 1.42 bits per heavy atom. The first kappa shape index (κ1) is 16.9. The summed E-state index contributed by atoms with van der Waals surface area (Å²) in [7, 11) is 0. The standard InChI is InChI=1S/C14H16ClFN4O4/c1-2-3-4-5-14(22,23)20-6-24-12-7-9(8(16)10(15)18-12)17-13(21)19-11(7)20/h22-23H,2-6H2,1H3,(H,17,19,21). The maximum atomic E-state index is 14.2. The van der Waals surface area contributed by atoms with E-state index in [0.717, 1.165) is 17.7 Å². The van der Waals surface area contributed by atoms with Crippen molar-refractivity contribution >= 4 is 28.3 Å². The van der Waals surface area contributed by atoms with E-state index in [2.05, 4.69) is 15.0 Å². The minimum atomic E-state index is -2.29. The third kappa shape index (κ3) is 2.79. The third-order valence-corrected chi connectivity index (χ3v) is 4.11. The zero-order valence-corrected chi connectivity index (χ0v) is 13.6. The zero-order chi connectivity index (χ0) is 17.5. The van der Waals surface area contributed by atoms with Gasteiger partial charge in [-0.2, -0.15) is 9.97 Å². The van der Waals surface area contributed by atoms with Crippen molar-refractivity contribution in [2.45, 2.75) is 38.5 Å². The monoisotopic (exact) mass is 358 g/mol. The number of aromatic nitrogens is 3. The molecular weight excluding hydrogens is 343 g/mol. The number of nitrogens with zero attached hydrogens (tertiary/aromatic N) is 3. The minimum absolute atomic E-state index is 0.0129. The van der Waals surface area contributed by atoms with E-state index in [9.17, 15) is 19.4 Å². The van der Waals surface area contributed by atoms with Gasteiger partial charge in [0.1, 0.15) is 5.39 Å². The topological polar surface area (TPSA) is 112 Å². The van der Waals surface area contributed by atoms with Crippen molar-refractivity contribution in [3.05, 3.63) is 21.5 Å². The first-order valence-electron chi connectivity index (χ1n) is 7.49. The fourth-order valence-corrected chi connectivity index (χ4v) is 2.80. The van der Waals surface area contributed by atoms with E-state index in [1.807, 2.05) is 6.92 Å². The molecule has 3 heterocycles. The number of pyridine rings is 1. The summed E-state index contributed by atoms with van der Waals surface area (Å²) in [5.74, 6) is -3.37. The lowest BCUT2D eigenvalue weighted by atomic mass is 10.1. The molecule has 10 heteroatoms. The van der Waals surface area contributed by atoms with Crippen LogP contribution in [0.2, 0.25) is 5.15 Å². The first-order chi connectivity index (χ1) is 11.3. The number of unbranched alkanes of at least 4 members (excludes halogenated alkanes) is 2. The van der Waals surface area contributed by atoms with Gasteiger partial charge in [0, 0.05) is 6.42 Å². The predicted molar refractivity (Wildman–Crippen MR) is 84.4 cm³/mol. The van der Waals surface area contributed by atoms with Crippen LogP contribution in [0.25, 0.3) is 10.9 Å². The number of nitrogens with one attached hydrogen (secondary N) is 1. The number of hydrogen-bond donors (Lipinski definition) is 3. The molecule has 8 nitrogen and oxygen atoms in total. The molecule has 0 aromatic carbocycles. The van der Waals surface area contributed by atoms with E-state index in [0.29, 0.717) is 6.42 Å². The van der Waals surface area contributed by atoms with Crippen LogP contribution in [0.3, 0.4) is 0 Å². The maximum absolute atomic E-state index is 14.2. The van der Waals surface area contributed by atoms with E-state index in [4.69, 9.17) is 16.3 Å². The van der Waals surface area contributed by atoms with Gasteiger partial charge in [-0.05, 0) is 6.42 Å².